The van der Waals surface area contributed by atoms with Crippen molar-refractivity contribution in [2.45, 2.75) is 51.4 Å². The van der Waals surface area contributed by atoms with Gasteiger partial charge in [0.1, 0.15) is 5.76 Å². The molecule has 2 heteroatoms. The van der Waals surface area contributed by atoms with E-state index in [0.29, 0.717) is 11.8 Å². The van der Waals surface area contributed by atoms with E-state index in [1.54, 1.807) is 0 Å². The molecule has 0 unspecified atom stereocenters. The van der Waals surface area contributed by atoms with Crippen molar-refractivity contribution >= 4 is 0 Å². The molecule has 0 aliphatic heterocycles. The smallest absolute Gasteiger partial charge is 0.196 e. The normalized spacial score (nSPS) is 18.7. The van der Waals surface area contributed by atoms with Crippen LogP contribution in [0.2, 0.25) is 0 Å². The Morgan fingerprint density at radius 2 is 2.08 bits per heavy atom. The van der Waals surface area contributed by atoms with Gasteiger partial charge in [-0.05, 0) is 12.8 Å². The predicted octanol–water partition coefficient (Wildman–Crippen LogP) is 3.46. The average molecular weight is 179 g/mol. The van der Waals surface area contributed by atoms with Gasteiger partial charge in [-0.25, -0.2) is 4.98 Å². The highest BCUT2D eigenvalue weighted by atomic mass is 16.4. The fourth-order valence-corrected chi connectivity index (χ4v) is 1.97. The lowest BCUT2D eigenvalue weighted by Gasteiger charge is -2.03. The Morgan fingerprint density at radius 3 is 2.62 bits per heavy atom. The minimum Gasteiger partial charge on any atom is -0.445 e. The first-order chi connectivity index (χ1) is 6.27. The van der Waals surface area contributed by atoms with Gasteiger partial charge in [0, 0.05) is 11.8 Å². The molecule has 1 saturated carbocycles. The van der Waals surface area contributed by atoms with Crippen LogP contribution in [0.25, 0.3) is 0 Å². The van der Waals surface area contributed by atoms with Gasteiger partial charge < -0.3 is 4.42 Å². The van der Waals surface area contributed by atoms with Gasteiger partial charge in [-0.15, -0.1) is 0 Å². The largest absolute Gasteiger partial charge is 0.445 e. The number of hydrogen-bond acceptors (Lipinski definition) is 2. The van der Waals surface area contributed by atoms with Crippen molar-refractivity contribution in [3.63, 3.8) is 0 Å². The second-order valence-electron chi connectivity index (χ2n) is 4.24. The SMILES string of the molecule is CC(C)c1ncc(C2CCCC2)o1. The summed E-state index contributed by atoms with van der Waals surface area (Å²) in [5.41, 5.74) is 0. The third-order valence-corrected chi connectivity index (χ3v) is 2.79. The fraction of sp³-hybridized carbons (Fsp3) is 0.727. The van der Waals surface area contributed by atoms with E-state index < -0.39 is 0 Å². The molecule has 0 saturated heterocycles. The topological polar surface area (TPSA) is 26.0 Å². The number of hydrogen-bond donors (Lipinski definition) is 0. The van der Waals surface area contributed by atoms with E-state index in [1.807, 2.05) is 6.20 Å². The first-order valence-corrected chi connectivity index (χ1v) is 5.23. The molecule has 1 aromatic heterocycles. The first-order valence-electron chi connectivity index (χ1n) is 5.23. The minimum atomic E-state index is 0.412. The summed E-state index contributed by atoms with van der Waals surface area (Å²) in [6.45, 7) is 4.23. The molecule has 0 amide bonds. The standard InChI is InChI=1S/C11H17NO/c1-8(2)11-12-7-10(13-11)9-5-3-4-6-9/h7-9H,3-6H2,1-2H3. The van der Waals surface area contributed by atoms with Crippen LogP contribution in [-0.2, 0) is 0 Å². The Kier molecular flexibility index (Phi) is 2.38. The summed E-state index contributed by atoms with van der Waals surface area (Å²) < 4.78 is 5.72. The maximum Gasteiger partial charge on any atom is 0.196 e. The monoisotopic (exact) mass is 179 g/mol. The zero-order valence-corrected chi connectivity index (χ0v) is 8.42. The van der Waals surface area contributed by atoms with Crippen molar-refractivity contribution in [3.8, 4) is 0 Å². The predicted molar refractivity (Wildman–Crippen MR) is 51.8 cm³/mol. The summed E-state index contributed by atoms with van der Waals surface area (Å²) in [6.07, 6.45) is 7.19. The highest BCUT2D eigenvalue weighted by Gasteiger charge is 2.21. The lowest BCUT2D eigenvalue weighted by Crippen LogP contribution is -1.88. The molecule has 0 bridgehead atoms. The Hall–Kier alpha value is -0.790. The van der Waals surface area contributed by atoms with Crippen molar-refractivity contribution in [3.05, 3.63) is 17.8 Å². The quantitative estimate of drug-likeness (QED) is 0.695. The van der Waals surface area contributed by atoms with E-state index in [1.165, 1.54) is 25.7 Å². The van der Waals surface area contributed by atoms with Gasteiger partial charge in [0.15, 0.2) is 5.89 Å². The molecule has 13 heavy (non-hydrogen) atoms. The van der Waals surface area contributed by atoms with Crippen LogP contribution < -0.4 is 0 Å². The highest BCUT2D eigenvalue weighted by Crippen LogP contribution is 2.34. The van der Waals surface area contributed by atoms with Crippen LogP contribution in [-0.4, -0.2) is 4.98 Å². The third-order valence-electron chi connectivity index (χ3n) is 2.79. The molecular formula is C11H17NO. The van der Waals surface area contributed by atoms with Gasteiger partial charge >= 0.3 is 0 Å². The van der Waals surface area contributed by atoms with E-state index in [0.717, 1.165) is 11.7 Å². The number of nitrogens with zero attached hydrogens (tertiary/aromatic N) is 1. The Morgan fingerprint density at radius 1 is 1.38 bits per heavy atom. The zero-order valence-electron chi connectivity index (χ0n) is 8.42. The average Bonchev–Trinajstić information content (AvgIpc) is 2.75. The summed E-state index contributed by atoms with van der Waals surface area (Å²) in [5, 5.41) is 0. The molecule has 0 atom stereocenters. The molecule has 1 aromatic rings. The van der Waals surface area contributed by atoms with Gasteiger partial charge in [0.25, 0.3) is 0 Å². The summed E-state index contributed by atoms with van der Waals surface area (Å²) in [7, 11) is 0. The minimum absolute atomic E-state index is 0.412. The van der Waals surface area contributed by atoms with Crippen LogP contribution >= 0.6 is 0 Å². The second kappa shape index (κ2) is 3.52. The molecule has 0 radical (unpaired) electrons. The molecule has 72 valence electrons. The maximum absolute atomic E-state index is 5.72. The summed E-state index contributed by atoms with van der Waals surface area (Å²) in [6, 6.07) is 0. The van der Waals surface area contributed by atoms with Crippen LogP contribution in [0.5, 0.6) is 0 Å². The summed E-state index contributed by atoms with van der Waals surface area (Å²) in [4.78, 5) is 4.29. The maximum atomic E-state index is 5.72. The number of oxazole rings is 1. The van der Waals surface area contributed by atoms with E-state index in [2.05, 4.69) is 18.8 Å². The van der Waals surface area contributed by atoms with Crippen molar-refractivity contribution in [2.75, 3.05) is 0 Å². The molecule has 0 spiro atoms. The van der Waals surface area contributed by atoms with Gasteiger partial charge in [-0.2, -0.15) is 0 Å². The van der Waals surface area contributed by atoms with E-state index >= 15 is 0 Å². The molecule has 1 aliphatic rings. The Bertz CT molecular complexity index is 271. The van der Waals surface area contributed by atoms with Crippen molar-refractivity contribution in [2.24, 2.45) is 0 Å². The summed E-state index contributed by atoms with van der Waals surface area (Å²) >= 11 is 0. The first kappa shape index (κ1) is 8.79. The fourth-order valence-electron chi connectivity index (χ4n) is 1.97. The van der Waals surface area contributed by atoms with Gasteiger partial charge in [0.05, 0.1) is 6.20 Å². The van der Waals surface area contributed by atoms with E-state index in [9.17, 15) is 0 Å². The lowest BCUT2D eigenvalue weighted by atomic mass is 10.1. The molecule has 1 fully saturated rings. The Labute approximate surface area is 79.4 Å². The van der Waals surface area contributed by atoms with Crippen LogP contribution in [0.3, 0.4) is 0 Å². The van der Waals surface area contributed by atoms with Crippen LogP contribution in [0.1, 0.15) is 63.0 Å². The van der Waals surface area contributed by atoms with Gasteiger partial charge in [0.2, 0.25) is 0 Å². The lowest BCUT2D eigenvalue weighted by molar-refractivity contribution is 0.410. The molecule has 1 aliphatic carbocycles. The van der Waals surface area contributed by atoms with Crippen molar-refractivity contribution in [1.29, 1.82) is 0 Å². The van der Waals surface area contributed by atoms with Crippen molar-refractivity contribution in [1.82, 2.24) is 4.98 Å². The number of rotatable bonds is 2. The van der Waals surface area contributed by atoms with E-state index in [4.69, 9.17) is 4.42 Å². The zero-order chi connectivity index (χ0) is 9.26. The van der Waals surface area contributed by atoms with Crippen LogP contribution in [0.15, 0.2) is 10.6 Å². The molecule has 2 nitrogen and oxygen atoms in total. The molecule has 0 aromatic carbocycles. The molecular weight excluding hydrogens is 162 g/mol. The highest BCUT2D eigenvalue weighted by molar-refractivity contribution is 5.05. The van der Waals surface area contributed by atoms with Crippen molar-refractivity contribution < 1.29 is 4.42 Å². The van der Waals surface area contributed by atoms with Crippen LogP contribution in [0, 0.1) is 0 Å². The van der Waals surface area contributed by atoms with E-state index in [-0.39, 0.29) is 0 Å². The number of aromatic nitrogens is 1. The molecule has 0 N–H and O–H groups in total. The summed E-state index contributed by atoms with van der Waals surface area (Å²) in [5.74, 6) is 3.07. The van der Waals surface area contributed by atoms with Gasteiger partial charge in [-0.1, -0.05) is 26.7 Å². The Balaban J connectivity index is 2.12. The van der Waals surface area contributed by atoms with Gasteiger partial charge in [-0.3, -0.25) is 0 Å². The molecule has 1 heterocycles. The molecule has 2 rings (SSSR count). The third kappa shape index (κ3) is 1.77. The van der Waals surface area contributed by atoms with Crippen LogP contribution in [0.4, 0.5) is 0 Å². The second-order valence-corrected chi connectivity index (χ2v) is 4.24.